The smallest absolute Gasteiger partial charge is 0.305 e. The van der Waals surface area contributed by atoms with Crippen molar-refractivity contribution in [3.8, 4) is 0 Å². The van der Waals surface area contributed by atoms with Gasteiger partial charge in [0.2, 0.25) is 11.8 Å². The highest BCUT2D eigenvalue weighted by atomic mass is 16.5. The molecule has 1 atom stereocenters. The SMILES string of the molecule is CC(C)(C)CC(C)(O)CC(=O)NC1CCC(NC(=O)CCOCCOCCC(=O)O)CC1. The predicted molar refractivity (Wildman–Crippen MR) is 120 cm³/mol. The highest BCUT2D eigenvalue weighted by Gasteiger charge is 2.31. The van der Waals surface area contributed by atoms with Gasteiger partial charge < -0.3 is 30.3 Å². The highest BCUT2D eigenvalue weighted by Crippen LogP contribution is 2.29. The Balaban J connectivity index is 2.14. The van der Waals surface area contributed by atoms with E-state index in [0.717, 1.165) is 25.7 Å². The summed E-state index contributed by atoms with van der Waals surface area (Å²) in [6.07, 6.45) is 4.05. The van der Waals surface area contributed by atoms with Crippen LogP contribution in [0.15, 0.2) is 0 Å². The molecule has 1 rings (SSSR count). The molecule has 0 aliphatic heterocycles. The van der Waals surface area contributed by atoms with Gasteiger partial charge in [0, 0.05) is 18.5 Å². The summed E-state index contributed by atoms with van der Waals surface area (Å²) >= 11 is 0. The van der Waals surface area contributed by atoms with Gasteiger partial charge in [-0.25, -0.2) is 0 Å². The van der Waals surface area contributed by atoms with Gasteiger partial charge in [-0.05, 0) is 44.4 Å². The summed E-state index contributed by atoms with van der Waals surface area (Å²) in [5, 5.41) is 25.0. The summed E-state index contributed by atoms with van der Waals surface area (Å²) in [7, 11) is 0. The molecule has 1 aliphatic carbocycles. The Kier molecular flexibility index (Phi) is 12.2. The van der Waals surface area contributed by atoms with E-state index in [1.54, 1.807) is 6.92 Å². The van der Waals surface area contributed by atoms with E-state index in [1.807, 2.05) is 20.8 Å². The zero-order valence-corrected chi connectivity index (χ0v) is 20.1. The van der Waals surface area contributed by atoms with Crippen LogP contribution >= 0.6 is 0 Å². The quantitative estimate of drug-likeness (QED) is 0.293. The van der Waals surface area contributed by atoms with Crippen LogP contribution in [0.3, 0.4) is 0 Å². The third-order valence-corrected chi connectivity index (χ3v) is 5.22. The lowest BCUT2D eigenvalue weighted by molar-refractivity contribution is -0.138. The van der Waals surface area contributed by atoms with Gasteiger partial charge in [0.1, 0.15) is 0 Å². The average Bonchev–Trinajstić information content (AvgIpc) is 2.62. The monoisotopic (exact) mass is 458 g/mol. The molecule has 0 heterocycles. The van der Waals surface area contributed by atoms with Gasteiger partial charge in [0.25, 0.3) is 0 Å². The van der Waals surface area contributed by atoms with E-state index in [1.165, 1.54) is 0 Å². The number of nitrogens with one attached hydrogen (secondary N) is 2. The maximum absolute atomic E-state index is 12.3. The van der Waals surface area contributed by atoms with E-state index in [4.69, 9.17) is 14.6 Å². The minimum Gasteiger partial charge on any atom is -0.481 e. The molecule has 2 amide bonds. The molecule has 0 aromatic carbocycles. The van der Waals surface area contributed by atoms with Gasteiger partial charge in [-0.1, -0.05) is 20.8 Å². The van der Waals surface area contributed by atoms with Crippen molar-refractivity contribution >= 4 is 17.8 Å². The maximum Gasteiger partial charge on any atom is 0.305 e. The zero-order valence-electron chi connectivity index (χ0n) is 20.1. The van der Waals surface area contributed by atoms with Crippen molar-refractivity contribution in [2.24, 2.45) is 5.41 Å². The first-order valence-electron chi connectivity index (χ1n) is 11.5. The average molecular weight is 459 g/mol. The Bertz CT molecular complexity index is 594. The number of ether oxygens (including phenoxy) is 2. The fourth-order valence-electron chi connectivity index (χ4n) is 4.16. The van der Waals surface area contributed by atoms with E-state index in [-0.39, 0.29) is 61.8 Å². The molecular formula is C23H42N2O7. The van der Waals surface area contributed by atoms with Gasteiger partial charge in [0.05, 0.1) is 44.9 Å². The normalized spacial score (nSPS) is 20.9. The van der Waals surface area contributed by atoms with Crippen molar-refractivity contribution in [1.82, 2.24) is 10.6 Å². The summed E-state index contributed by atoms with van der Waals surface area (Å²) in [4.78, 5) is 34.8. The van der Waals surface area contributed by atoms with Crippen molar-refractivity contribution in [2.75, 3.05) is 26.4 Å². The highest BCUT2D eigenvalue weighted by molar-refractivity contribution is 5.77. The number of aliphatic hydroxyl groups is 1. The molecule has 0 bridgehead atoms. The number of amides is 2. The summed E-state index contributed by atoms with van der Waals surface area (Å²) in [6.45, 7) is 8.89. The summed E-state index contributed by atoms with van der Waals surface area (Å²) in [5.41, 5.74) is -1.08. The number of carbonyl (C=O) groups excluding carboxylic acids is 2. The van der Waals surface area contributed by atoms with Crippen molar-refractivity contribution in [3.63, 3.8) is 0 Å². The number of carbonyl (C=O) groups is 3. The fraction of sp³-hybridized carbons (Fsp3) is 0.870. The Morgan fingerprint density at radius 1 is 0.812 bits per heavy atom. The molecule has 186 valence electrons. The van der Waals surface area contributed by atoms with Crippen LogP contribution in [-0.4, -0.2) is 72.1 Å². The summed E-state index contributed by atoms with van der Waals surface area (Å²) < 4.78 is 10.4. The lowest BCUT2D eigenvalue weighted by Crippen LogP contribution is -2.45. The molecule has 0 radical (unpaired) electrons. The van der Waals surface area contributed by atoms with Crippen LogP contribution in [0.2, 0.25) is 0 Å². The van der Waals surface area contributed by atoms with Crippen LogP contribution < -0.4 is 10.6 Å². The van der Waals surface area contributed by atoms with Crippen LogP contribution in [0.4, 0.5) is 0 Å². The van der Waals surface area contributed by atoms with E-state index in [9.17, 15) is 19.5 Å². The number of rotatable bonds is 14. The molecule has 1 aliphatic rings. The fourth-order valence-corrected chi connectivity index (χ4v) is 4.16. The molecular weight excluding hydrogens is 416 g/mol. The third kappa shape index (κ3) is 14.4. The molecule has 4 N–H and O–H groups in total. The minimum atomic E-state index is -1.03. The molecule has 9 nitrogen and oxygen atoms in total. The van der Waals surface area contributed by atoms with Gasteiger partial charge in [-0.2, -0.15) is 0 Å². The van der Waals surface area contributed by atoms with Crippen molar-refractivity contribution in [3.05, 3.63) is 0 Å². The number of hydrogen-bond donors (Lipinski definition) is 4. The molecule has 32 heavy (non-hydrogen) atoms. The molecule has 1 unspecified atom stereocenters. The molecule has 1 fully saturated rings. The molecule has 0 saturated heterocycles. The standard InChI is InChI=1S/C23H42N2O7/c1-22(2,3)16-23(4,30)15-20(27)25-18-7-5-17(6-8-18)24-19(26)9-11-31-13-14-32-12-10-21(28)29/h17-18,30H,5-16H2,1-4H3,(H,24,26)(H,25,27)(H,28,29). The first-order chi connectivity index (χ1) is 14.9. The Morgan fingerprint density at radius 2 is 1.28 bits per heavy atom. The van der Waals surface area contributed by atoms with Crippen LogP contribution in [0.1, 0.15) is 79.1 Å². The van der Waals surface area contributed by atoms with Crippen LogP contribution in [0.5, 0.6) is 0 Å². The van der Waals surface area contributed by atoms with Crippen LogP contribution in [0.25, 0.3) is 0 Å². The lowest BCUT2D eigenvalue weighted by Gasteiger charge is -2.33. The van der Waals surface area contributed by atoms with Crippen LogP contribution in [-0.2, 0) is 23.9 Å². The molecule has 0 aromatic rings. The second-order valence-electron chi connectivity index (χ2n) is 10.2. The summed E-state index contributed by atoms with van der Waals surface area (Å²) in [5.74, 6) is -1.10. The van der Waals surface area contributed by atoms with E-state index < -0.39 is 11.6 Å². The van der Waals surface area contributed by atoms with Gasteiger partial charge in [0.15, 0.2) is 0 Å². The van der Waals surface area contributed by atoms with Crippen molar-refractivity contribution in [1.29, 1.82) is 0 Å². The molecule has 9 heteroatoms. The number of carboxylic acids is 1. The Morgan fingerprint density at radius 3 is 1.75 bits per heavy atom. The maximum atomic E-state index is 12.3. The van der Waals surface area contributed by atoms with Crippen molar-refractivity contribution in [2.45, 2.75) is 96.7 Å². The third-order valence-electron chi connectivity index (χ3n) is 5.22. The van der Waals surface area contributed by atoms with Gasteiger partial charge >= 0.3 is 5.97 Å². The second kappa shape index (κ2) is 13.7. The topological polar surface area (TPSA) is 134 Å². The number of aliphatic carboxylic acids is 1. The minimum absolute atomic E-state index is 0.0354. The lowest BCUT2D eigenvalue weighted by atomic mass is 9.81. The Hall–Kier alpha value is -1.71. The van der Waals surface area contributed by atoms with E-state index in [2.05, 4.69) is 10.6 Å². The first-order valence-corrected chi connectivity index (χ1v) is 11.5. The van der Waals surface area contributed by atoms with Gasteiger partial charge in [-0.15, -0.1) is 0 Å². The second-order valence-corrected chi connectivity index (χ2v) is 10.2. The Labute approximate surface area is 191 Å². The predicted octanol–water partition coefficient (Wildman–Crippen LogP) is 2.01. The van der Waals surface area contributed by atoms with Crippen molar-refractivity contribution < 1.29 is 34.1 Å². The number of carboxylic acid groups (broad SMARTS) is 1. The number of hydrogen-bond acceptors (Lipinski definition) is 6. The van der Waals surface area contributed by atoms with Crippen LogP contribution in [0, 0.1) is 5.41 Å². The van der Waals surface area contributed by atoms with E-state index in [0.29, 0.717) is 19.6 Å². The van der Waals surface area contributed by atoms with Gasteiger partial charge in [-0.3, -0.25) is 14.4 Å². The van der Waals surface area contributed by atoms with E-state index >= 15 is 0 Å². The summed E-state index contributed by atoms with van der Waals surface area (Å²) in [6, 6.07) is 0.171. The molecule has 0 spiro atoms. The molecule has 0 aromatic heterocycles. The largest absolute Gasteiger partial charge is 0.481 e. The molecule has 1 saturated carbocycles. The zero-order chi connectivity index (χ0) is 24.2. The first kappa shape index (κ1) is 28.3.